The quantitative estimate of drug-likeness (QED) is 0.315. The smallest absolute Gasteiger partial charge is 0.268 e. The summed E-state index contributed by atoms with van der Waals surface area (Å²) in [6.45, 7) is 6.92. The minimum absolute atomic E-state index is 0.00944. The van der Waals surface area contributed by atoms with Crippen LogP contribution in [0.3, 0.4) is 0 Å². The van der Waals surface area contributed by atoms with Crippen molar-refractivity contribution in [3.63, 3.8) is 0 Å². The van der Waals surface area contributed by atoms with E-state index in [1.807, 2.05) is 12.1 Å². The van der Waals surface area contributed by atoms with Crippen molar-refractivity contribution in [1.29, 1.82) is 0 Å². The van der Waals surface area contributed by atoms with Gasteiger partial charge < -0.3 is 19.9 Å². The molecular formula is C32H35N7O4S. The molecule has 2 aliphatic heterocycles. The Balaban J connectivity index is 1.34. The van der Waals surface area contributed by atoms with E-state index >= 15 is 0 Å². The molecule has 0 saturated carbocycles. The molecule has 4 heterocycles. The number of rotatable bonds is 7. The number of piperazine rings is 1. The molecule has 2 saturated heterocycles. The fraction of sp³-hybridized carbons (Fsp3) is 0.344. The number of nitrogens with one attached hydrogen (secondary N) is 1. The first-order valence-electron chi connectivity index (χ1n) is 14.6. The molecule has 2 aliphatic rings. The molecule has 0 unspecified atom stereocenters. The maximum absolute atomic E-state index is 13.7. The summed E-state index contributed by atoms with van der Waals surface area (Å²) in [6.07, 6.45) is 1.65. The van der Waals surface area contributed by atoms with E-state index in [-0.39, 0.29) is 35.7 Å². The topological polar surface area (TPSA) is 113 Å². The molecule has 4 aromatic rings. The lowest BCUT2D eigenvalue weighted by Gasteiger charge is -2.34. The average molecular weight is 614 g/mol. The normalized spacial score (nSPS) is 16.5. The number of pyridine rings is 1. The van der Waals surface area contributed by atoms with Crippen LogP contribution in [0.15, 0.2) is 70.5 Å². The molecule has 11 nitrogen and oxygen atoms in total. The molecule has 1 N–H and O–H groups in total. The zero-order chi connectivity index (χ0) is 30.7. The second kappa shape index (κ2) is 12.8. The Bertz CT molecular complexity index is 1880. The lowest BCUT2D eigenvalue weighted by molar-refractivity contribution is 0.0730. The summed E-state index contributed by atoms with van der Waals surface area (Å²) in [6, 6.07) is 16.6. The maximum Gasteiger partial charge on any atom is 0.268 e. The van der Waals surface area contributed by atoms with Crippen LogP contribution in [0.2, 0.25) is 0 Å². The van der Waals surface area contributed by atoms with Crippen LogP contribution in [0.4, 0.5) is 17.3 Å². The van der Waals surface area contributed by atoms with E-state index in [0.717, 1.165) is 37.6 Å². The Kier molecular flexibility index (Phi) is 8.63. The highest BCUT2D eigenvalue weighted by atomic mass is 32.2. The van der Waals surface area contributed by atoms with Crippen molar-refractivity contribution < 1.29 is 13.2 Å². The first kappa shape index (κ1) is 29.8. The lowest BCUT2D eigenvalue weighted by Crippen LogP contribution is -2.44. The highest BCUT2D eigenvalue weighted by Gasteiger charge is 2.28. The predicted octanol–water partition coefficient (Wildman–Crippen LogP) is 2.73. The van der Waals surface area contributed by atoms with Crippen LogP contribution >= 0.6 is 0 Å². The Morgan fingerprint density at radius 1 is 0.977 bits per heavy atom. The monoisotopic (exact) mass is 613 g/mol. The molecule has 0 atom stereocenters. The lowest BCUT2D eigenvalue weighted by atomic mass is 10.2. The number of likely N-dealkylation sites (N-methyl/N-ethyl adjacent to an activating group) is 1. The number of nitrogens with zero attached hydrogens (tertiary/aromatic N) is 6. The van der Waals surface area contributed by atoms with Crippen molar-refractivity contribution >= 4 is 38.4 Å². The van der Waals surface area contributed by atoms with Gasteiger partial charge in [-0.2, -0.15) is 9.29 Å². The van der Waals surface area contributed by atoms with Crippen LogP contribution in [0.25, 0.3) is 11.0 Å². The van der Waals surface area contributed by atoms with Gasteiger partial charge in [0, 0.05) is 62.2 Å². The fourth-order valence-electron chi connectivity index (χ4n) is 5.52. The van der Waals surface area contributed by atoms with Crippen molar-refractivity contribution in [2.24, 2.45) is 0 Å². The third-order valence-electron chi connectivity index (χ3n) is 7.97. The number of fused-ring (bicyclic) bond motifs is 1. The van der Waals surface area contributed by atoms with Crippen LogP contribution < -0.4 is 15.8 Å². The van der Waals surface area contributed by atoms with Gasteiger partial charge in [0.15, 0.2) is 0 Å². The van der Waals surface area contributed by atoms with Gasteiger partial charge in [-0.1, -0.05) is 24.1 Å². The van der Waals surface area contributed by atoms with Crippen molar-refractivity contribution in [1.82, 2.24) is 23.7 Å². The molecule has 44 heavy (non-hydrogen) atoms. The number of ether oxygens (including phenoxy) is 1. The maximum atomic E-state index is 13.7. The second-order valence-electron chi connectivity index (χ2n) is 10.9. The average Bonchev–Trinajstić information content (AvgIpc) is 3.05. The van der Waals surface area contributed by atoms with Gasteiger partial charge in [0.2, 0.25) is 16.0 Å². The molecule has 2 fully saturated rings. The fourth-order valence-corrected chi connectivity index (χ4v) is 7.14. The van der Waals surface area contributed by atoms with Gasteiger partial charge in [0.25, 0.3) is 5.56 Å². The molecule has 0 bridgehead atoms. The van der Waals surface area contributed by atoms with E-state index in [0.29, 0.717) is 35.8 Å². The molecule has 0 aliphatic carbocycles. The molecule has 2 aromatic heterocycles. The van der Waals surface area contributed by atoms with E-state index in [2.05, 4.69) is 51.1 Å². The van der Waals surface area contributed by atoms with Gasteiger partial charge in [-0.05, 0) is 55.9 Å². The van der Waals surface area contributed by atoms with Gasteiger partial charge in [-0.25, -0.2) is 13.4 Å². The summed E-state index contributed by atoms with van der Waals surface area (Å²) in [7, 11) is -1.67. The van der Waals surface area contributed by atoms with E-state index < -0.39 is 10.0 Å². The Morgan fingerprint density at radius 3 is 2.43 bits per heavy atom. The number of benzene rings is 2. The molecule has 0 spiro atoms. The summed E-state index contributed by atoms with van der Waals surface area (Å²) in [5.74, 6) is 6.00. The van der Waals surface area contributed by atoms with E-state index in [9.17, 15) is 13.2 Å². The first-order chi connectivity index (χ1) is 21.3. The van der Waals surface area contributed by atoms with E-state index in [1.165, 1.54) is 8.87 Å². The summed E-state index contributed by atoms with van der Waals surface area (Å²) in [5, 5.41) is 3.87. The zero-order valence-electron chi connectivity index (χ0n) is 24.9. The van der Waals surface area contributed by atoms with Gasteiger partial charge in [-0.3, -0.25) is 9.36 Å². The number of sulfonamides is 1. The van der Waals surface area contributed by atoms with Crippen LogP contribution in [0.5, 0.6) is 0 Å². The van der Waals surface area contributed by atoms with Crippen molar-refractivity contribution in [3.05, 3.63) is 82.3 Å². The van der Waals surface area contributed by atoms with Crippen LogP contribution in [-0.2, 0) is 21.3 Å². The molecule has 228 valence electrons. The zero-order valence-corrected chi connectivity index (χ0v) is 25.7. The van der Waals surface area contributed by atoms with Crippen LogP contribution in [-0.4, -0.2) is 91.7 Å². The number of hydrogen-bond acceptors (Lipinski definition) is 9. The van der Waals surface area contributed by atoms with E-state index in [1.54, 1.807) is 43.5 Å². The Hall–Kier alpha value is -4.28. The van der Waals surface area contributed by atoms with Crippen molar-refractivity contribution in [2.75, 3.05) is 69.7 Å². The van der Waals surface area contributed by atoms with Crippen molar-refractivity contribution in [3.8, 4) is 11.8 Å². The molecule has 0 radical (unpaired) electrons. The molecule has 6 rings (SSSR count). The molecule has 2 aromatic carbocycles. The molecular weight excluding hydrogens is 578 g/mol. The van der Waals surface area contributed by atoms with Crippen LogP contribution in [0, 0.1) is 11.8 Å². The number of anilines is 3. The summed E-state index contributed by atoms with van der Waals surface area (Å²) in [5.41, 5.74) is 2.76. The van der Waals surface area contributed by atoms with Gasteiger partial charge in [0.05, 0.1) is 30.2 Å². The minimum Gasteiger partial charge on any atom is -0.379 e. The van der Waals surface area contributed by atoms with Crippen molar-refractivity contribution in [2.45, 2.75) is 18.4 Å². The highest BCUT2D eigenvalue weighted by Crippen LogP contribution is 2.25. The largest absolute Gasteiger partial charge is 0.379 e. The molecule has 0 amide bonds. The van der Waals surface area contributed by atoms with Crippen LogP contribution in [0.1, 0.15) is 18.1 Å². The van der Waals surface area contributed by atoms with Gasteiger partial charge in [-0.15, -0.1) is 5.92 Å². The van der Waals surface area contributed by atoms with Gasteiger partial charge in [0.1, 0.15) is 5.65 Å². The molecule has 12 heteroatoms. The number of morpholine rings is 1. The SMILES string of the molecule is CC#Cc1cc2cnc(Nc3ccc(N4CCN(C)CC4)cc3)nc2n(Cc2ccccc2S(=O)(=O)N2CCOCC2)c1=O. The third kappa shape index (κ3) is 6.18. The predicted molar refractivity (Wildman–Crippen MR) is 171 cm³/mol. The van der Waals surface area contributed by atoms with Gasteiger partial charge >= 0.3 is 0 Å². The second-order valence-corrected chi connectivity index (χ2v) is 12.8. The first-order valence-corrected chi connectivity index (χ1v) is 16.1. The number of hydrogen-bond donors (Lipinski definition) is 1. The summed E-state index contributed by atoms with van der Waals surface area (Å²) >= 11 is 0. The minimum atomic E-state index is -3.80. The number of aromatic nitrogens is 3. The Morgan fingerprint density at radius 2 is 1.70 bits per heavy atom. The Labute approximate surface area is 257 Å². The highest BCUT2D eigenvalue weighted by molar-refractivity contribution is 7.89. The standard InChI is InChI=1S/C32H35N7O4S/c1-3-6-24-21-26-22-33-32(34-27-9-11-28(12-10-27)37-15-13-36(2)14-16-37)35-30(26)39(31(24)40)23-25-7-4-5-8-29(25)44(41,42)38-17-19-43-20-18-38/h4-5,7-12,21-22H,13-20,23H2,1-2H3,(H,33,34,35). The summed E-state index contributed by atoms with van der Waals surface area (Å²) in [4.78, 5) is 27.8. The van der Waals surface area contributed by atoms with E-state index in [4.69, 9.17) is 9.72 Å². The summed E-state index contributed by atoms with van der Waals surface area (Å²) < 4.78 is 35.5. The third-order valence-corrected chi connectivity index (χ3v) is 9.97.